The first-order valence-corrected chi connectivity index (χ1v) is 7.66. The van der Waals surface area contributed by atoms with E-state index in [9.17, 15) is 8.42 Å². The summed E-state index contributed by atoms with van der Waals surface area (Å²) in [5, 5.41) is 0. The number of rotatable bonds is 3. The Kier molecular flexibility index (Phi) is 3.77. The van der Waals surface area contributed by atoms with Crippen LogP contribution in [0.4, 0.5) is 11.4 Å². The lowest BCUT2D eigenvalue weighted by molar-refractivity contribution is 0.601. The van der Waals surface area contributed by atoms with E-state index in [1.165, 1.54) is 18.3 Å². The number of sulfonamides is 1. The van der Waals surface area contributed by atoms with Gasteiger partial charge in [-0.05, 0) is 37.3 Å². The van der Waals surface area contributed by atoms with Crippen LogP contribution in [0.1, 0.15) is 5.69 Å². The van der Waals surface area contributed by atoms with E-state index in [4.69, 9.17) is 5.73 Å². The van der Waals surface area contributed by atoms with Crippen molar-refractivity contribution in [1.29, 1.82) is 0 Å². The van der Waals surface area contributed by atoms with Crippen molar-refractivity contribution in [1.82, 2.24) is 4.98 Å². The topological polar surface area (TPSA) is 85.1 Å². The molecule has 2 aromatic rings. The summed E-state index contributed by atoms with van der Waals surface area (Å²) in [4.78, 5) is 4.05. The number of aromatic nitrogens is 1. The van der Waals surface area contributed by atoms with Crippen molar-refractivity contribution in [3.63, 3.8) is 0 Å². The standard InChI is InChI=1S/C12H12BrN3O2S/c1-8-6-10(4-5-15-8)16-19(17,18)12-7-9(13)2-3-11(12)14/h2-7H,14H2,1H3,(H,15,16). The third-order valence-corrected chi connectivity index (χ3v) is 4.34. The number of nitrogen functional groups attached to an aromatic ring is 1. The van der Waals surface area contributed by atoms with Gasteiger partial charge >= 0.3 is 0 Å². The first-order valence-electron chi connectivity index (χ1n) is 5.39. The van der Waals surface area contributed by atoms with Gasteiger partial charge in [0.05, 0.1) is 11.4 Å². The van der Waals surface area contributed by atoms with Crippen molar-refractivity contribution in [2.75, 3.05) is 10.5 Å². The average Bonchev–Trinajstić information content (AvgIpc) is 2.31. The van der Waals surface area contributed by atoms with Gasteiger partial charge in [0.15, 0.2) is 0 Å². The first kappa shape index (κ1) is 13.8. The van der Waals surface area contributed by atoms with Gasteiger partial charge in [0.2, 0.25) is 0 Å². The summed E-state index contributed by atoms with van der Waals surface area (Å²) in [6.07, 6.45) is 1.54. The van der Waals surface area contributed by atoms with Gasteiger partial charge in [-0.25, -0.2) is 8.42 Å². The normalized spacial score (nSPS) is 11.3. The molecule has 5 nitrogen and oxygen atoms in total. The van der Waals surface area contributed by atoms with E-state index in [0.717, 1.165) is 5.69 Å². The van der Waals surface area contributed by atoms with Crippen LogP contribution in [-0.2, 0) is 10.0 Å². The smallest absolute Gasteiger partial charge is 0.263 e. The number of hydrogen-bond acceptors (Lipinski definition) is 4. The molecule has 3 N–H and O–H groups in total. The molecule has 19 heavy (non-hydrogen) atoms. The number of pyridine rings is 1. The molecule has 1 aromatic carbocycles. The molecule has 0 aliphatic carbocycles. The van der Waals surface area contributed by atoms with Crippen molar-refractivity contribution in [3.8, 4) is 0 Å². The maximum Gasteiger partial charge on any atom is 0.263 e. The lowest BCUT2D eigenvalue weighted by Crippen LogP contribution is -2.15. The summed E-state index contributed by atoms with van der Waals surface area (Å²) in [5.41, 5.74) is 7.08. The van der Waals surface area contributed by atoms with Crippen LogP contribution in [0.3, 0.4) is 0 Å². The predicted molar refractivity (Wildman–Crippen MR) is 78.3 cm³/mol. The molecular weight excluding hydrogens is 330 g/mol. The Morgan fingerprint density at radius 1 is 1.26 bits per heavy atom. The number of nitrogens with two attached hydrogens (primary N) is 1. The molecule has 0 unspecified atom stereocenters. The van der Waals surface area contributed by atoms with Gasteiger partial charge in [-0.1, -0.05) is 15.9 Å². The SMILES string of the molecule is Cc1cc(NS(=O)(=O)c2cc(Br)ccc2N)ccn1. The van der Waals surface area contributed by atoms with Gasteiger partial charge in [-0.15, -0.1) is 0 Å². The summed E-state index contributed by atoms with van der Waals surface area (Å²) < 4.78 is 27.6. The molecule has 0 aliphatic rings. The van der Waals surface area contributed by atoms with Crippen molar-refractivity contribution >= 4 is 37.3 Å². The Morgan fingerprint density at radius 3 is 2.68 bits per heavy atom. The maximum atomic E-state index is 12.3. The quantitative estimate of drug-likeness (QED) is 0.840. The van der Waals surface area contributed by atoms with E-state index in [1.807, 2.05) is 0 Å². The molecule has 0 amide bonds. The molecule has 0 bridgehead atoms. The number of hydrogen-bond donors (Lipinski definition) is 2. The minimum Gasteiger partial charge on any atom is -0.398 e. The number of nitrogens with one attached hydrogen (secondary N) is 1. The zero-order valence-electron chi connectivity index (χ0n) is 10.1. The molecular formula is C12H12BrN3O2S. The van der Waals surface area contributed by atoms with Crippen LogP contribution < -0.4 is 10.5 Å². The fourth-order valence-electron chi connectivity index (χ4n) is 1.56. The predicted octanol–water partition coefficient (Wildman–Crippen LogP) is 2.54. The number of nitrogens with zero attached hydrogens (tertiary/aromatic N) is 1. The molecule has 7 heteroatoms. The Labute approximate surface area is 120 Å². The van der Waals surface area contributed by atoms with Crippen molar-refractivity contribution in [2.24, 2.45) is 0 Å². The second-order valence-electron chi connectivity index (χ2n) is 3.97. The Bertz CT molecular complexity index is 717. The zero-order chi connectivity index (χ0) is 14.0. The highest BCUT2D eigenvalue weighted by Crippen LogP contribution is 2.25. The third-order valence-electron chi connectivity index (χ3n) is 2.41. The van der Waals surface area contributed by atoms with Crippen LogP contribution in [0, 0.1) is 6.92 Å². The lowest BCUT2D eigenvalue weighted by Gasteiger charge is -2.10. The molecule has 0 saturated heterocycles. The van der Waals surface area contributed by atoms with Gasteiger partial charge in [-0.2, -0.15) is 0 Å². The minimum absolute atomic E-state index is 0.0383. The van der Waals surface area contributed by atoms with E-state index in [-0.39, 0.29) is 10.6 Å². The Morgan fingerprint density at radius 2 is 2.00 bits per heavy atom. The average molecular weight is 342 g/mol. The van der Waals surface area contributed by atoms with Gasteiger partial charge in [0.1, 0.15) is 4.90 Å². The van der Waals surface area contributed by atoms with Gasteiger partial charge in [0, 0.05) is 16.4 Å². The van der Waals surface area contributed by atoms with Crippen LogP contribution in [0.25, 0.3) is 0 Å². The number of aryl methyl sites for hydroxylation is 1. The molecule has 2 rings (SSSR count). The minimum atomic E-state index is -3.72. The van der Waals surface area contributed by atoms with Crippen molar-refractivity contribution in [3.05, 3.63) is 46.7 Å². The van der Waals surface area contributed by atoms with Gasteiger partial charge in [-0.3, -0.25) is 9.71 Å². The lowest BCUT2D eigenvalue weighted by atomic mass is 10.3. The van der Waals surface area contributed by atoms with Crippen LogP contribution in [-0.4, -0.2) is 13.4 Å². The molecule has 0 aliphatic heterocycles. The summed E-state index contributed by atoms with van der Waals surface area (Å²) in [6, 6.07) is 7.91. The highest BCUT2D eigenvalue weighted by Gasteiger charge is 2.18. The fourth-order valence-corrected chi connectivity index (χ4v) is 3.28. The highest BCUT2D eigenvalue weighted by atomic mass is 79.9. The second-order valence-corrected chi connectivity index (χ2v) is 6.54. The van der Waals surface area contributed by atoms with E-state index in [0.29, 0.717) is 10.2 Å². The molecule has 0 atom stereocenters. The Balaban J connectivity index is 2.40. The summed E-state index contributed by atoms with van der Waals surface area (Å²) in [6.45, 7) is 1.78. The Hall–Kier alpha value is -1.60. The van der Waals surface area contributed by atoms with Crippen LogP contribution in [0.15, 0.2) is 45.9 Å². The number of halogens is 1. The first-order chi connectivity index (χ1) is 8.88. The molecule has 1 aromatic heterocycles. The largest absolute Gasteiger partial charge is 0.398 e. The molecule has 1 heterocycles. The third kappa shape index (κ3) is 3.24. The van der Waals surface area contributed by atoms with Gasteiger partial charge < -0.3 is 5.73 Å². The van der Waals surface area contributed by atoms with Crippen molar-refractivity contribution in [2.45, 2.75) is 11.8 Å². The van der Waals surface area contributed by atoms with Gasteiger partial charge in [0.25, 0.3) is 10.0 Å². The molecule has 0 spiro atoms. The zero-order valence-corrected chi connectivity index (χ0v) is 12.5. The van der Waals surface area contributed by atoms with Crippen LogP contribution in [0.2, 0.25) is 0 Å². The maximum absolute atomic E-state index is 12.3. The van der Waals surface area contributed by atoms with E-state index < -0.39 is 10.0 Å². The van der Waals surface area contributed by atoms with Crippen LogP contribution in [0.5, 0.6) is 0 Å². The molecule has 0 fully saturated rings. The van der Waals surface area contributed by atoms with Crippen molar-refractivity contribution < 1.29 is 8.42 Å². The summed E-state index contributed by atoms with van der Waals surface area (Å²) in [7, 11) is -3.72. The summed E-state index contributed by atoms with van der Waals surface area (Å²) >= 11 is 3.23. The monoisotopic (exact) mass is 341 g/mol. The molecule has 100 valence electrons. The van der Waals surface area contributed by atoms with E-state index in [1.54, 1.807) is 25.1 Å². The molecule has 0 saturated carbocycles. The van der Waals surface area contributed by atoms with E-state index >= 15 is 0 Å². The van der Waals surface area contributed by atoms with E-state index in [2.05, 4.69) is 25.6 Å². The van der Waals surface area contributed by atoms with Crippen LogP contribution >= 0.6 is 15.9 Å². The number of anilines is 2. The summed E-state index contributed by atoms with van der Waals surface area (Å²) in [5.74, 6) is 0. The highest BCUT2D eigenvalue weighted by molar-refractivity contribution is 9.10. The molecule has 0 radical (unpaired) electrons. The fraction of sp³-hybridized carbons (Fsp3) is 0.0833. The number of benzene rings is 1. The second kappa shape index (κ2) is 5.18.